The van der Waals surface area contributed by atoms with Gasteiger partial charge < -0.3 is 0 Å². The molecule has 2 aromatic heterocycles. The van der Waals surface area contributed by atoms with Crippen molar-refractivity contribution in [1.82, 2.24) is 9.97 Å². The monoisotopic (exact) mass is 498 g/mol. The summed E-state index contributed by atoms with van der Waals surface area (Å²) in [6.07, 6.45) is 0. The van der Waals surface area contributed by atoms with Gasteiger partial charge >= 0.3 is 0 Å². The van der Waals surface area contributed by atoms with Gasteiger partial charge in [0.1, 0.15) is 0 Å². The van der Waals surface area contributed by atoms with E-state index >= 15 is 0 Å². The van der Waals surface area contributed by atoms with Crippen LogP contribution in [0.25, 0.3) is 20.4 Å². The predicted molar refractivity (Wildman–Crippen MR) is 132 cm³/mol. The van der Waals surface area contributed by atoms with Crippen LogP contribution in [0.4, 0.5) is 10.3 Å². The second-order valence-corrected chi connectivity index (χ2v) is 9.65. The molecule has 32 heavy (non-hydrogen) atoms. The van der Waals surface area contributed by atoms with Crippen molar-refractivity contribution in [2.24, 2.45) is 0 Å². The van der Waals surface area contributed by atoms with Gasteiger partial charge in [-0.2, -0.15) is 0 Å². The number of benzene rings is 3. The Bertz CT molecular complexity index is 1400. The third-order valence-corrected chi connectivity index (χ3v) is 6.90. The van der Waals surface area contributed by atoms with Crippen molar-refractivity contribution in [1.29, 1.82) is 0 Å². The Morgan fingerprint density at radius 1 is 0.688 bits per heavy atom. The molecule has 158 valence electrons. The lowest BCUT2D eigenvalue weighted by molar-refractivity contribution is 0.0990. The van der Waals surface area contributed by atoms with Crippen LogP contribution in [0.2, 0.25) is 10.0 Å². The number of fused-ring (bicyclic) bond motifs is 2. The van der Waals surface area contributed by atoms with Gasteiger partial charge in [0.15, 0.2) is 10.3 Å². The summed E-state index contributed by atoms with van der Waals surface area (Å²) in [5, 5.41) is 7.58. The summed E-state index contributed by atoms with van der Waals surface area (Å²) in [7, 11) is 0. The largest absolute Gasteiger partial charge is 0.298 e. The van der Waals surface area contributed by atoms with Gasteiger partial charge in [-0.15, -0.1) is 0 Å². The van der Waals surface area contributed by atoms with Crippen LogP contribution in [0.15, 0.2) is 60.7 Å². The number of nitrogens with one attached hydrogen (secondary N) is 2. The molecular weight excluding hydrogens is 487 g/mol. The van der Waals surface area contributed by atoms with Crippen molar-refractivity contribution in [2.75, 3.05) is 10.6 Å². The number of thiazole rings is 2. The number of aromatic nitrogens is 2. The zero-order valence-corrected chi connectivity index (χ0v) is 19.2. The number of carbonyl (C=O) groups is 2. The fraction of sp³-hybridized carbons (Fsp3) is 0. The van der Waals surface area contributed by atoms with Crippen molar-refractivity contribution >= 4 is 88.4 Å². The zero-order valence-electron chi connectivity index (χ0n) is 16.1. The number of hydrogen-bond donors (Lipinski definition) is 2. The van der Waals surface area contributed by atoms with E-state index in [-0.39, 0.29) is 11.1 Å². The quantitative estimate of drug-likeness (QED) is 0.288. The minimum atomic E-state index is -0.433. The number of carbonyl (C=O) groups excluding carboxylic acids is 2. The van der Waals surface area contributed by atoms with Gasteiger partial charge in [-0.1, -0.05) is 58.0 Å². The summed E-state index contributed by atoms with van der Waals surface area (Å²) in [6, 6.07) is 17.2. The molecule has 2 heterocycles. The van der Waals surface area contributed by atoms with Crippen LogP contribution in [0.1, 0.15) is 20.7 Å². The van der Waals surface area contributed by atoms with Gasteiger partial charge in [-0.3, -0.25) is 20.2 Å². The molecule has 6 nitrogen and oxygen atoms in total. The van der Waals surface area contributed by atoms with Crippen molar-refractivity contribution < 1.29 is 9.59 Å². The van der Waals surface area contributed by atoms with Crippen LogP contribution in [0.5, 0.6) is 0 Å². The molecule has 5 rings (SSSR count). The second kappa shape index (κ2) is 8.48. The third kappa shape index (κ3) is 4.18. The molecule has 0 saturated carbocycles. The first-order chi connectivity index (χ1) is 15.5. The highest BCUT2D eigenvalue weighted by Gasteiger charge is 2.19. The van der Waals surface area contributed by atoms with Crippen molar-refractivity contribution in [3.05, 3.63) is 81.8 Å². The average Bonchev–Trinajstić information content (AvgIpc) is 3.35. The highest BCUT2D eigenvalue weighted by Crippen LogP contribution is 2.30. The average molecular weight is 499 g/mol. The maximum Gasteiger partial charge on any atom is 0.258 e. The lowest BCUT2D eigenvalue weighted by atomic mass is 10.1. The summed E-state index contributed by atoms with van der Waals surface area (Å²) in [5.74, 6) is -0.867. The summed E-state index contributed by atoms with van der Waals surface area (Å²) < 4.78 is 1.71. The minimum absolute atomic E-state index is 0.228. The number of rotatable bonds is 4. The molecule has 0 spiro atoms. The molecule has 0 bridgehead atoms. The molecule has 0 unspecified atom stereocenters. The Labute approximate surface area is 199 Å². The molecule has 5 aromatic rings. The van der Waals surface area contributed by atoms with E-state index in [0.29, 0.717) is 20.3 Å². The highest BCUT2D eigenvalue weighted by molar-refractivity contribution is 7.22. The van der Waals surface area contributed by atoms with Gasteiger partial charge in [-0.05, 0) is 48.5 Å². The van der Waals surface area contributed by atoms with Crippen LogP contribution >= 0.6 is 45.9 Å². The molecule has 0 aliphatic rings. The predicted octanol–water partition coefficient (Wildman–Crippen LogP) is 6.72. The van der Waals surface area contributed by atoms with E-state index in [0.717, 1.165) is 20.4 Å². The fourth-order valence-corrected chi connectivity index (χ4v) is 5.39. The topological polar surface area (TPSA) is 84.0 Å². The molecule has 0 aliphatic heterocycles. The maximum atomic E-state index is 12.9. The first-order valence-corrected chi connectivity index (χ1v) is 11.7. The molecule has 0 fully saturated rings. The Balaban J connectivity index is 1.39. The fourth-order valence-electron chi connectivity index (χ4n) is 3.11. The first-order valence-electron chi connectivity index (χ1n) is 9.30. The Morgan fingerprint density at radius 2 is 1.12 bits per heavy atom. The van der Waals surface area contributed by atoms with E-state index in [1.165, 1.54) is 22.7 Å². The zero-order chi connectivity index (χ0) is 22.2. The number of halogens is 2. The molecular formula is C22H12Cl2N4O2S2. The van der Waals surface area contributed by atoms with Gasteiger partial charge in [0.2, 0.25) is 0 Å². The lowest BCUT2D eigenvalue weighted by Gasteiger charge is -2.08. The number of anilines is 2. The van der Waals surface area contributed by atoms with Crippen LogP contribution in [-0.2, 0) is 0 Å². The smallest absolute Gasteiger partial charge is 0.258 e. The maximum absolute atomic E-state index is 12.9. The van der Waals surface area contributed by atoms with Crippen LogP contribution in [-0.4, -0.2) is 21.8 Å². The molecule has 10 heteroatoms. The first kappa shape index (κ1) is 20.8. The van der Waals surface area contributed by atoms with Crippen LogP contribution in [0, 0.1) is 0 Å². The van der Waals surface area contributed by atoms with Gasteiger partial charge in [0.25, 0.3) is 11.8 Å². The Morgan fingerprint density at radius 3 is 1.56 bits per heavy atom. The molecule has 3 aromatic carbocycles. The van der Waals surface area contributed by atoms with E-state index in [2.05, 4.69) is 20.6 Å². The van der Waals surface area contributed by atoms with Crippen molar-refractivity contribution in [3.8, 4) is 0 Å². The second-order valence-electron chi connectivity index (χ2n) is 6.72. The molecule has 0 saturated heterocycles. The van der Waals surface area contributed by atoms with Gasteiger partial charge in [0, 0.05) is 10.0 Å². The molecule has 0 aliphatic carbocycles. The van der Waals surface area contributed by atoms with Crippen LogP contribution < -0.4 is 10.6 Å². The van der Waals surface area contributed by atoms with E-state index < -0.39 is 11.8 Å². The third-order valence-electron chi connectivity index (χ3n) is 4.56. The van der Waals surface area contributed by atoms with Gasteiger partial charge in [0.05, 0.1) is 31.6 Å². The Hall–Kier alpha value is -3.04. The molecule has 2 N–H and O–H groups in total. The normalized spacial score (nSPS) is 11.1. The van der Waals surface area contributed by atoms with Gasteiger partial charge in [-0.25, -0.2) is 9.97 Å². The Kier molecular flexibility index (Phi) is 5.52. The molecule has 2 amide bonds. The number of hydrogen-bond acceptors (Lipinski definition) is 6. The molecule has 0 radical (unpaired) electrons. The van der Waals surface area contributed by atoms with E-state index in [1.54, 1.807) is 60.7 Å². The summed E-state index contributed by atoms with van der Waals surface area (Å²) in [6.45, 7) is 0. The SMILES string of the molecule is O=C(Nc1nc2ccc(Cl)cc2s1)c1ccccc1C(=O)Nc1nc2ccc(Cl)cc2s1. The summed E-state index contributed by atoms with van der Waals surface area (Å²) in [5.41, 5.74) is 1.92. The van der Waals surface area contributed by atoms with E-state index in [9.17, 15) is 9.59 Å². The van der Waals surface area contributed by atoms with Crippen molar-refractivity contribution in [2.45, 2.75) is 0 Å². The van der Waals surface area contributed by atoms with Crippen LogP contribution in [0.3, 0.4) is 0 Å². The van der Waals surface area contributed by atoms with E-state index in [4.69, 9.17) is 23.2 Å². The lowest BCUT2D eigenvalue weighted by Crippen LogP contribution is -2.20. The number of nitrogens with zero attached hydrogens (tertiary/aromatic N) is 2. The van der Waals surface area contributed by atoms with E-state index in [1.807, 2.05) is 0 Å². The highest BCUT2D eigenvalue weighted by atomic mass is 35.5. The molecule has 0 atom stereocenters. The number of amides is 2. The minimum Gasteiger partial charge on any atom is -0.298 e. The standard InChI is InChI=1S/C22H12Cl2N4O2S2/c23-11-5-7-15-17(9-11)31-21(25-15)27-19(29)13-3-1-2-4-14(13)20(30)28-22-26-16-8-6-12(24)10-18(16)32-22/h1-10H,(H,25,27,29)(H,26,28,30). The van der Waals surface area contributed by atoms with Crippen molar-refractivity contribution in [3.63, 3.8) is 0 Å². The summed E-state index contributed by atoms with van der Waals surface area (Å²) in [4.78, 5) is 34.7. The summed E-state index contributed by atoms with van der Waals surface area (Å²) >= 11 is 14.7.